The molecular formula is C12H21NO. The van der Waals surface area contributed by atoms with Crippen molar-refractivity contribution >= 4 is 0 Å². The minimum atomic E-state index is -0.163. The zero-order valence-electron chi connectivity index (χ0n) is 8.95. The zero-order chi connectivity index (χ0) is 9.97. The van der Waals surface area contributed by atoms with E-state index in [1.165, 1.54) is 12.8 Å². The molecule has 0 saturated heterocycles. The van der Waals surface area contributed by atoms with Gasteiger partial charge in [0.2, 0.25) is 0 Å². The third-order valence-corrected chi connectivity index (χ3v) is 3.67. The number of rotatable bonds is 5. The molecule has 2 bridgehead atoms. The van der Waals surface area contributed by atoms with E-state index >= 15 is 0 Å². The zero-order valence-corrected chi connectivity index (χ0v) is 8.95. The van der Waals surface area contributed by atoms with Crippen LogP contribution < -0.4 is 5.32 Å². The van der Waals surface area contributed by atoms with Crippen molar-refractivity contribution < 1.29 is 5.11 Å². The van der Waals surface area contributed by atoms with Crippen molar-refractivity contribution in [3.05, 3.63) is 12.2 Å². The third kappa shape index (κ3) is 2.18. The van der Waals surface area contributed by atoms with Gasteiger partial charge in [0.05, 0.1) is 6.10 Å². The monoisotopic (exact) mass is 195 g/mol. The topological polar surface area (TPSA) is 32.3 Å². The lowest BCUT2D eigenvalue weighted by molar-refractivity contribution is 0.164. The summed E-state index contributed by atoms with van der Waals surface area (Å²) in [6, 6.07) is 0. The molecule has 80 valence electrons. The first kappa shape index (κ1) is 10.2. The third-order valence-electron chi connectivity index (χ3n) is 3.67. The van der Waals surface area contributed by atoms with Gasteiger partial charge in [-0.2, -0.15) is 0 Å². The van der Waals surface area contributed by atoms with E-state index in [9.17, 15) is 5.11 Å². The van der Waals surface area contributed by atoms with E-state index in [2.05, 4.69) is 17.5 Å². The Morgan fingerprint density at radius 2 is 2.29 bits per heavy atom. The van der Waals surface area contributed by atoms with Crippen molar-refractivity contribution in [3.8, 4) is 0 Å². The van der Waals surface area contributed by atoms with Gasteiger partial charge in [0, 0.05) is 6.54 Å². The summed E-state index contributed by atoms with van der Waals surface area (Å²) >= 11 is 0. The molecule has 0 spiro atoms. The number of aliphatic hydroxyl groups is 1. The molecule has 0 aromatic rings. The van der Waals surface area contributed by atoms with Crippen molar-refractivity contribution in [2.75, 3.05) is 13.1 Å². The average molecular weight is 195 g/mol. The van der Waals surface area contributed by atoms with E-state index in [-0.39, 0.29) is 6.10 Å². The van der Waals surface area contributed by atoms with E-state index in [1.54, 1.807) is 0 Å². The van der Waals surface area contributed by atoms with Gasteiger partial charge in [-0.1, -0.05) is 19.1 Å². The molecule has 0 heterocycles. The molecule has 0 aromatic carbocycles. The Hall–Kier alpha value is -0.340. The lowest BCUT2D eigenvalue weighted by Gasteiger charge is -2.19. The Kier molecular flexibility index (Phi) is 3.24. The predicted octanol–water partition coefficient (Wildman–Crippen LogP) is 1.56. The maximum atomic E-state index is 9.39. The van der Waals surface area contributed by atoms with Gasteiger partial charge in [0.1, 0.15) is 0 Å². The van der Waals surface area contributed by atoms with Gasteiger partial charge >= 0.3 is 0 Å². The number of aliphatic hydroxyl groups excluding tert-OH is 1. The summed E-state index contributed by atoms with van der Waals surface area (Å²) in [5.74, 6) is 2.52. The van der Waals surface area contributed by atoms with E-state index in [4.69, 9.17) is 0 Å². The molecule has 2 N–H and O–H groups in total. The maximum absolute atomic E-state index is 9.39. The second kappa shape index (κ2) is 4.45. The van der Waals surface area contributed by atoms with E-state index in [0.29, 0.717) is 0 Å². The highest BCUT2D eigenvalue weighted by molar-refractivity contribution is 5.10. The highest BCUT2D eigenvalue weighted by atomic mass is 16.3. The Morgan fingerprint density at radius 3 is 2.86 bits per heavy atom. The van der Waals surface area contributed by atoms with Crippen LogP contribution in [-0.4, -0.2) is 24.3 Å². The number of hydrogen-bond acceptors (Lipinski definition) is 2. The molecule has 14 heavy (non-hydrogen) atoms. The number of fused-ring (bicyclic) bond motifs is 2. The van der Waals surface area contributed by atoms with Gasteiger partial charge in [-0.05, 0) is 43.6 Å². The summed E-state index contributed by atoms with van der Waals surface area (Å²) < 4.78 is 0. The molecule has 4 atom stereocenters. The molecule has 2 rings (SSSR count). The summed E-state index contributed by atoms with van der Waals surface area (Å²) in [5, 5.41) is 12.8. The lowest BCUT2D eigenvalue weighted by atomic mass is 9.93. The molecule has 0 aromatic heterocycles. The molecule has 2 aliphatic carbocycles. The molecule has 1 saturated carbocycles. The van der Waals surface area contributed by atoms with Crippen molar-refractivity contribution in [1.82, 2.24) is 5.32 Å². The maximum Gasteiger partial charge on any atom is 0.0662 e. The Morgan fingerprint density at radius 1 is 1.43 bits per heavy atom. The molecule has 1 fully saturated rings. The van der Waals surface area contributed by atoms with Gasteiger partial charge in [-0.25, -0.2) is 0 Å². The standard InChI is InChI=1S/C12H21NO/c1-2-12(14)8-13-7-11-6-9-3-4-10(11)5-9/h3-4,9-14H,2,5-8H2,1H3. The van der Waals surface area contributed by atoms with Gasteiger partial charge in [-0.15, -0.1) is 0 Å². The highest BCUT2D eigenvalue weighted by Gasteiger charge is 2.34. The molecule has 2 nitrogen and oxygen atoms in total. The minimum absolute atomic E-state index is 0.163. The predicted molar refractivity (Wildman–Crippen MR) is 58.0 cm³/mol. The molecule has 0 radical (unpaired) electrons. The second-order valence-corrected chi connectivity index (χ2v) is 4.76. The van der Waals surface area contributed by atoms with Crippen LogP contribution in [0, 0.1) is 17.8 Å². The van der Waals surface area contributed by atoms with Gasteiger partial charge in [0.25, 0.3) is 0 Å². The first-order valence-electron chi connectivity index (χ1n) is 5.86. The lowest BCUT2D eigenvalue weighted by Crippen LogP contribution is -2.31. The van der Waals surface area contributed by atoms with E-state index < -0.39 is 0 Å². The molecule has 0 aliphatic heterocycles. The first-order valence-corrected chi connectivity index (χ1v) is 5.86. The van der Waals surface area contributed by atoms with Crippen LogP contribution in [0.4, 0.5) is 0 Å². The average Bonchev–Trinajstić information content (AvgIpc) is 2.79. The van der Waals surface area contributed by atoms with Crippen LogP contribution in [0.1, 0.15) is 26.2 Å². The molecule has 4 unspecified atom stereocenters. The fourth-order valence-corrected chi connectivity index (χ4v) is 2.71. The van der Waals surface area contributed by atoms with E-state index in [0.717, 1.165) is 37.3 Å². The number of allylic oxidation sites excluding steroid dienone is 2. The fourth-order valence-electron chi connectivity index (χ4n) is 2.71. The van der Waals surface area contributed by atoms with Gasteiger partial charge in [-0.3, -0.25) is 0 Å². The molecule has 2 heteroatoms. The van der Waals surface area contributed by atoms with Crippen molar-refractivity contribution in [3.63, 3.8) is 0 Å². The SMILES string of the molecule is CCC(O)CNCC1CC2C=CC1C2. The van der Waals surface area contributed by atoms with Crippen LogP contribution in [0.15, 0.2) is 12.2 Å². The van der Waals surface area contributed by atoms with Gasteiger partial charge in [0.15, 0.2) is 0 Å². The summed E-state index contributed by atoms with van der Waals surface area (Å²) in [5.41, 5.74) is 0. The Balaban J connectivity index is 1.65. The summed E-state index contributed by atoms with van der Waals surface area (Å²) in [7, 11) is 0. The second-order valence-electron chi connectivity index (χ2n) is 4.76. The molecule has 0 amide bonds. The first-order chi connectivity index (χ1) is 6.79. The van der Waals surface area contributed by atoms with Crippen LogP contribution in [0.2, 0.25) is 0 Å². The molecule has 2 aliphatic rings. The summed E-state index contributed by atoms with van der Waals surface area (Å²) in [6.07, 6.45) is 8.19. The van der Waals surface area contributed by atoms with Gasteiger partial charge < -0.3 is 10.4 Å². The van der Waals surface area contributed by atoms with E-state index in [1.807, 2.05) is 6.92 Å². The fraction of sp³-hybridized carbons (Fsp3) is 0.833. The number of nitrogens with one attached hydrogen (secondary N) is 1. The highest BCUT2D eigenvalue weighted by Crippen LogP contribution is 2.42. The van der Waals surface area contributed by atoms with Crippen LogP contribution in [0.3, 0.4) is 0 Å². The van der Waals surface area contributed by atoms with Crippen molar-refractivity contribution in [2.24, 2.45) is 17.8 Å². The van der Waals surface area contributed by atoms with Crippen LogP contribution in [0.5, 0.6) is 0 Å². The van der Waals surface area contributed by atoms with Crippen LogP contribution in [0.25, 0.3) is 0 Å². The van der Waals surface area contributed by atoms with Crippen LogP contribution in [-0.2, 0) is 0 Å². The number of hydrogen-bond donors (Lipinski definition) is 2. The smallest absolute Gasteiger partial charge is 0.0662 e. The van der Waals surface area contributed by atoms with Crippen LogP contribution >= 0.6 is 0 Å². The minimum Gasteiger partial charge on any atom is -0.392 e. The normalized spacial score (nSPS) is 36.6. The van der Waals surface area contributed by atoms with Crippen molar-refractivity contribution in [2.45, 2.75) is 32.3 Å². The summed E-state index contributed by atoms with van der Waals surface area (Å²) in [6.45, 7) is 3.86. The Labute approximate surface area is 86.4 Å². The largest absolute Gasteiger partial charge is 0.392 e. The van der Waals surface area contributed by atoms with Crippen molar-refractivity contribution in [1.29, 1.82) is 0 Å². The summed E-state index contributed by atoms with van der Waals surface area (Å²) in [4.78, 5) is 0. The quantitative estimate of drug-likeness (QED) is 0.652. The molecular weight excluding hydrogens is 174 g/mol. The Bertz CT molecular complexity index is 214.